The van der Waals surface area contributed by atoms with E-state index in [4.69, 9.17) is 9.84 Å². The Labute approximate surface area is 113 Å². The van der Waals surface area contributed by atoms with Gasteiger partial charge in [0.1, 0.15) is 12.4 Å². The Kier molecular flexibility index (Phi) is 4.75. The summed E-state index contributed by atoms with van der Waals surface area (Å²) in [5.41, 5.74) is 1.81. The standard InChI is InChI=1S/C15H18N2O2/c1-17(14-5-3-2-4-6-14)9-10-19-15-8-7-13(12-18)16-11-15/h2-8,11,18H,9-10,12H2,1H3. The van der Waals surface area contributed by atoms with E-state index in [1.165, 1.54) is 5.69 Å². The van der Waals surface area contributed by atoms with Crippen LogP contribution in [0.15, 0.2) is 48.7 Å². The molecular weight excluding hydrogens is 240 g/mol. The Hall–Kier alpha value is -2.07. The Balaban J connectivity index is 1.79. The SMILES string of the molecule is CN(CCOc1ccc(CO)nc1)c1ccccc1. The molecule has 0 saturated heterocycles. The Bertz CT molecular complexity index is 485. The molecule has 0 aliphatic heterocycles. The molecule has 0 aliphatic rings. The maximum absolute atomic E-state index is 8.89. The van der Waals surface area contributed by atoms with Crippen molar-refractivity contribution in [1.29, 1.82) is 0 Å². The number of aliphatic hydroxyl groups excluding tert-OH is 1. The number of hydrogen-bond acceptors (Lipinski definition) is 4. The van der Waals surface area contributed by atoms with Crippen LogP contribution in [0.1, 0.15) is 5.69 Å². The smallest absolute Gasteiger partial charge is 0.137 e. The number of anilines is 1. The van der Waals surface area contributed by atoms with Gasteiger partial charge in [0.15, 0.2) is 0 Å². The fourth-order valence-corrected chi connectivity index (χ4v) is 1.70. The molecule has 4 nitrogen and oxygen atoms in total. The van der Waals surface area contributed by atoms with E-state index in [9.17, 15) is 0 Å². The normalized spacial score (nSPS) is 10.2. The molecular formula is C15H18N2O2. The third-order valence-corrected chi connectivity index (χ3v) is 2.85. The van der Waals surface area contributed by atoms with Gasteiger partial charge in [0.05, 0.1) is 25.0 Å². The second-order valence-electron chi connectivity index (χ2n) is 4.25. The van der Waals surface area contributed by atoms with Crippen molar-refractivity contribution in [3.8, 4) is 5.75 Å². The van der Waals surface area contributed by atoms with Gasteiger partial charge in [0.2, 0.25) is 0 Å². The molecule has 1 heterocycles. The van der Waals surface area contributed by atoms with Crippen LogP contribution in [0.3, 0.4) is 0 Å². The van der Waals surface area contributed by atoms with Crippen molar-refractivity contribution in [2.45, 2.75) is 6.61 Å². The predicted molar refractivity (Wildman–Crippen MR) is 75.4 cm³/mol. The first-order chi connectivity index (χ1) is 9.29. The molecule has 0 radical (unpaired) electrons. The fourth-order valence-electron chi connectivity index (χ4n) is 1.70. The van der Waals surface area contributed by atoms with Gasteiger partial charge in [-0.2, -0.15) is 0 Å². The summed E-state index contributed by atoms with van der Waals surface area (Å²) in [4.78, 5) is 6.20. The van der Waals surface area contributed by atoms with Crippen LogP contribution in [0.25, 0.3) is 0 Å². The first-order valence-corrected chi connectivity index (χ1v) is 6.24. The van der Waals surface area contributed by atoms with E-state index in [0.717, 1.165) is 12.3 Å². The molecule has 0 fully saturated rings. The number of para-hydroxylation sites is 1. The monoisotopic (exact) mass is 258 g/mol. The molecule has 0 spiro atoms. The third kappa shape index (κ3) is 3.96. The topological polar surface area (TPSA) is 45.6 Å². The number of aliphatic hydroxyl groups is 1. The summed E-state index contributed by atoms with van der Waals surface area (Å²) in [5, 5.41) is 8.89. The molecule has 1 N–H and O–H groups in total. The molecule has 100 valence electrons. The van der Waals surface area contributed by atoms with Crippen LogP contribution in [0.4, 0.5) is 5.69 Å². The van der Waals surface area contributed by atoms with Crippen LogP contribution in [0.5, 0.6) is 5.75 Å². The number of benzene rings is 1. The van der Waals surface area contributed by atoms with Gasteiger partial charge in [-0.05, 0) is 24.3 Å². The van der Waals surface area contributed by atoms with Gasteiger partial charge in [0.25, 0.3) is 0 Å². The van der Waals surface area contributed by atoms with E-state index in [0.29, 0.717) is 12.3 Å². The van der Waals surface area contributed by atoms with Crippen LogP contribution in [-0.4, -0.2) is 30.3 Å². The zero-order valence-corrected chi connectivity index (χ0v) is 11.0. The average Bonchev–Trinajstić information content (AvgIpc) is 2.49. The molecule has 0 atom stereocenters. The maximum atomic E-state index is 8.89. The second-order valence-corrected chi connectivity index (χ2v) is 4.25. The van der Waals surface area contributed by atoms with Crippen LogP contribution >= 0.6 is 0 Å². The molecule has 0 bridgehead atoms. The van der Waals surface area contributed by atoms with Crippen molar-refractivity contribution in [3.05, 3.63) is 54.4 Å². The maximum Gasteiger partial charge on any atom is 0.137 e. The summed E-state index contributed by atoms with van der Waals surface area (Å²) >= 11 is 0. The number of ether oxygens (including phenoxy) is 1. The highest BCUT2D eigenvalue weighted by atomic mass is 16.5. The average molecular weight is 258 g/mol. The minimum Gasteiger partial charge on any atom is -0.490 e. The first kappa shape index (κ1) is 13.4. The highest BCUT2D eigenvalue weighted by molar-refractivity contribution is 5.44. The number of aromatic nitrogens is 1. The summed E-state index contributed by atoms with van der Waals surface area (Å²) in [5.74, 6) is 0.721. The molecule has 0 amide bonds. The van der Waals surface area contributed by atoms with E-state index in [1.54, 1.807) is 12.3 Å². The molecule has 0 unspecified atom stereocenters. The minimum atomic E-state index is -0.0446. The summed E-state index contributed by atoms with van der Waals surface area (Å²) in [7, 11) is 2.03. The molecule has 0 saturated carbocycles. The van der Waals surface area contributed by atoms with E-state index < -0.39 is 0 Å². The van der Waals surface area contributed by atoms with Crippen molar-refractivity contribution < 1.29 is 9.84 Å². The number of hydrogen-bond donors (Lipinski definition) is 1. The van der Waals surface area contributed by atoms with Crippen molar-refractivity contribution in [1.82, 2.24) is 4.98 Å². The zero-order chi connectivity index (χ0) is 13.5. The number of likely N-dealkylation sites (N-methyl/N-ethyl adjacent to an activating group) is 1. The van der Waals surface area contributed by atoms with E-state index >= 15 is 0 Å². The second kappa shape index (κ2) is 6.75. The highest BCUT2D eigenvalue weighted by Gasteiger charge is 2.00. The lowest BCUT2D eigenvalue weighted by atomic mass is 10.3. The van der Waals surface area contributed by atoms with Crippen molar-refractivity contribution in [2.75, 3.05) is 25.1 Å². The van der Waals surface area contributed by atoms with Crippen molar-refractivity contribution in [3.63, 3.8) is 0 Å². The van der Waals surface area contributed by atoms with Gasteiger partial charge < -0.3 is 14.7 Å². The van der Waals surface area contributed by atoms with Crippen LogP contribution in [-0.2, 0) is 6.61 Å². The summed E-state index contributed by atoms with van der Waals surface area (Å²) in [6.45, 7) is 1.34. The van der Waals surface area contributed by atoms with Gasteiger partial charge in [0, 0.05) is 12.7 Å². The van der Waals surface area contributed by atoms with Gasteiger partial charge >= 0.3 is 0 Å². The van der Waals surface area contributed by atoms with Crippen LogP contribution in [0, 0.1) is 0 Å². The van der Waals surface area contributed by atoms with Gasteiger partial charge in [-0.25, -0.2) is 0 Å². The van der Waals surface area contributed by atoms with Crippen LogP contribution < -0.4 is 9.64 Å². The summed E-state index contributed by atoms with van der Waals surface area (Å²) < 4.78 is 5.61. The quantitative estimate of drug-likeness (QED) is 0.861. The number of pyridine rings is 1. The largest absolute Gasteiger partial charge is 0.490 e. The van der Waals surface area contributed by atoms with Gasteiger partial charge in [-0.1, -0.05) is 18.2 Å². The van der Waals surface area contributed by atoms with Gasteiger partial charge in [-0.3, -0.25) is 4.98 Å². The first-order valence-electron chi connectivity index (χ1n) is 6.24. The molecule has 1 aromatic carbocycles. The lowest BCUT2D eigenvalue weighted by Gasteiger charge is -2.19. The van der Waals surface area contributed by atoms with E-state index in [1.807, 2.05) is 31.3 Å². The van der Waals surface area contributed by atoms with E-state index in [-0.39, 0.29) is 6.61 Å². The third-order valence-electron chi connectivity index (χ3n) is 2.85. The van der Waals surface area contributed by atoms with E-state index in [2.05, 4.69) is 22.0 Å². The Morgan fingerprint density at radius 2 is 1.95 bits per heavy atom. The van der Waals surface area contributed by atoms with Gasteiger partial charge in [-0.15, -0.1) is 0 Å². The Morgan fingerprint density at radius 1 is 1.16 bits per heavy atom. The molecule has 2 aromatic rings. The van der Waals surface area contributed by atoms with Crippen molar-refractivity contribution >= 4 is 5.69 Å². The molecule has 1 aromatic heterocycles. The van der Waals surface area contributed by atoms with Crippen molar-refractivity contribution in [2.24, 2.45) is 0 Å². The fraction of sp³-hybridized carbons (Fsp3) is 0.267. The molecule has 2 rings (SSSR count). The lowest BCUT2D eigenvalue weighted by Crippen LogP contribution is -2.23. The summed E-state index contributed by atoms with van der Waals surface area (Å²) in [6, 6.07) is 13.8. The molecule has 19 heavy (non-hydrogen) atoms. The highest BCUT2D eigenvalue weighted by Crippen LogP contribution is 2.12. The number of nitrogens with zero attached hydrogens (tertiary/aromatic N) is 2. The summed E-state index contributed by atoms with van der Waals surface area (Å²) in [6.07, 6.45) is 1.63. The molecule has 4 heteroatoms. The minimum absolute atomic E-state index is 0.0446. The lowest BCUT2D eigenvalue weighted by molar-refractivity contribution is 0.275. The number of rotatable bonds is 6. The molecule has 0 aliphatic carbocycles. The van der Waals surface area contributed by atoms with Crippen LogP contribution in [0.2, 0.25) is 0 Å². The Morgan fingerprint density at radius 3 is 2.58 bits per heavy atom. The predicted octanol–water partition coefficient (Wildman–Crippen LogP) is 2.09. The zero-order valence-electron chi connectivity index (χ0n) is 11.0.